The maximum atomic E-state index is 12.7. The Morgan fingerprint density at radius 2 is 2.08 bits per heavy atom. The van der Waals surface area contributed by atoms with Gasteiger partial charge in [0.05, 0.1) is 11.5 Å². The van der Waals surface area contributed by atoms with Crippen LogP contribution in [0.5, 0.6) is 0 Å². The van der Waals surface area contributed by atoms with E-state index >= 15 is 0 Å². The van der Waals surface area contributed by atoms with Gasteiger partial charge in [-0.15, -0.1) is 0 Å². The van der Waals surface area contributed by atoms with E-state index in [1.54, 1.807) is 0 Å². The van der Waals surface area contributed by atoms with Gasteiger partial charge in [0.1, 0.15) is 11.7 Å². The predicted molar refractivity (Wildman–Crippen MR) is 90.5 cm³/mol. The monoisotopic (exact) mass is 331 g/mol. The van der Waals surface area contributed by atoms with Crippen molar-refractivity contribution >= 4 is 5.97 Å². The van der Waals surface area contributed by atoms with Crippen molar-refractivity contribution in [2.24, 2.45) is 17.8 Å². The normalized spacial score (nSPS) is 50.4. The van der Waals surface area contributed by atoms with E-state index < -0.39 is 0 Å². The minimum atomic E-state index is -0.0726. The average Bonchev–Trinajstić information content (AvgIpc) is 2.88. The number of carbonyl (C=O) groups excluding carboxylic acids is 1. The summed E-state index contributed by atoms with van der Waals surface area (Å²) in [5, 5.41) is 0. The van der Waals surface area contributed by atoms with E-state index in [0.29, 0.717) is 5.92 Å². The Morgan fingerprint density at radius 1 is 1.29 bits per heavy atom. The molecule has 4 fully saturated rings. The highest BCUT2D eigenvalue weighted by Crippen LogP contribution is 2.67. The number of nitrogens with zero attached hydrogens (tertiary/aromatic N) is 1. The smallest absolute Gasteiger partial charge is 0.310 e. The first-order chi connectivity index (χ1) is 11.5. The summed E-state index contributed by atoms with van der Waals surface area (Å²) in [4.78, 5) is 15.2. The topological polar surface area (TPSA) is 42.1 Å². The molecule has 5 aliphatic rings. The lowest BCUT2D eigenvalue weighted by Crippen LogP contribution is -2.40. The van der Waals surface area contributed by atoms with Crippen molar-refractivity contribution in [2.45, 2.75) is 69.7 Å². The Bertz CT molecular complexity index is 596. The summed E-state index contributed by atoms with van der Waals surface area (Å²) in [6.07, 6.45) is 9.37. The molecule has 24 heavy (non-hydrogen) atoms. The van der Waals surface area contributed by atoms with E-state index in [1.807, 2.05) is 0 Å². The summed E-state index contributed by atoms with van der Waals surface area (Å²) in [7, 11) is 0. The third-order valence-corrected chi connectivity index (χ3v) is 7.66. The molecule has 0 amide bonds. The number of ether oxygens (including phenoxy) is 2. The molecule has 1 spiro atoms. The second kappa shape index (κ2) is 5.07. The van der Waals surface area contributed by atoms with Crippen molar-refractivity contribution in [1.82, 2.24) is 4.90 Å². The summed E-state index contributed by atoms with van der Waals surface area (Å²) in [5.74, 6) is 0.774. The highest BCUT2D eigenvalue weighted by Gasteiger charge is 2.75. The van der Waals surface area contributed by atoms with Crippen LogP contribution in [0.2, 0.25) is 0 Å². The molecular weight excluding hydrogens is 302 g/mol. The molecule has 5 rings (SSSR count). The van der Waals surface area contributed by atoms with Crippen LogP contribution < -0.4 is 0 Å². The van der Waals surface area contributed by atoms with E-state index in [0.717, 1.165) is 38.9 Å². The van der Waals surface area contributed by atoms with Crippen molar-refractivity contribution < 1.29 is 14.3 Å². The molecule has 1 saturated carbocycles. The van der Waals surface area contributed by atoms with Crippen molar-refractivity contribution in [3.63, 3.8) is 0 Å². The summed E-state index contributed by atoms with van der Waals surface area (Å²) in [6.45, 7) is 7.67. The highest BCUT2D eigenvalue weighted by molar-refractivity contribution is 5.76. The van der Waals surface area contributed by atoms with Crippen LogP contribution in [0.15, 0.2) is 11.6 Å². The number of hydrogen-bond donors (Lipinski definition) is 0. The van der Waals surface area contributed by atoms with Crippen LogP contribution in [0.4, 0.5) is 0 Å². The standard InChI is InChI=1S/C20H29NO3/c1-13-6-9-20-16(13)17-14(7-8-19(20,2)24-20)15(18(22)23-17)12-21-10-4-3-5-11-21/h6,14-17H,3-5,7-12H2,1-2H3/t14-,15-,16+,17-,19-,20+/m0/s1. The van der Waals surface area contributed by atoms with Crippen molar-refractivity contribution in [3.05, 3.63) is 11.6 Å². The number of epoxide rings is 1. The molecule has 0 unspecified atom stereocenters. The van der Waals surface area contributed by atoms with Crippen LogP contribution in [-0.2, 0) is 14.3 Å². The Morgan fingerprint density at radius 3 is 2.88 bits per heavy atom. The number of piperidine rings is 1. The van der Waals surface area contributed by atoms with E-state index in [9.17, 15) is 4.79 Å². The zero-order valence-electron chi connectivity index (χ0n) is 14.9. The fourth-order valence-electron chi connectivity index (χ4n) is 6.21. The number of carbonyl (C=O) groups is 1. The quantitative estimate of drug-likeness (QED) is 0.443. The molecule has 2 aliphatic carbocycles. The number of likely N-dealkylation sites (tertiary alicyclic amines) is 1. The molecule has 3 saturated heterocycles. The largest absolute Gasteiger partial charge is 0.461 e. The van der Waals surface area contributed by atoms with Crippen LogP contribution in [0.3, 0.4) is 0 Å². The molecule has 0 bridgehead atoms. The Kier molecular flexibility index (Phi) is 3.25. The second-order valence-electron chi connectivity index (χ2n) is 8.92. The van der Waals surface area contributed by atoms with E-state index in [4.69, 9.17) is 9.47 Å². The highest BCUT2D eigenvalue weighted by atomic mass is 16.6. The van der Waals surface area contributed by atoms with Gasteiger partial charge in [-0.3, -0.25) is 4.79 Å². The minimum Gasteiger partial charge on any atom is -0.461 e. The van der Waals surface area contributed by atoms with Gasteiger partial charge in [0.2, 0.25) is 0 Å². The molecular formula is C20H29NO3. The van der Waals surface area contributed by atoms with Gasteiger partial charge in [-0.2, -0.15) is 0 Å². The van der Waals surface area contributed by atoms with Gasteiger partial charge in [0.15, 0.2) is 0 Å². The molecule has 6 atom stereocenters. The molecule has 0 aromatic carbocycles. The van der Waals surface area contributed by atoms with Crippen LogP contribution >= 0.6 is 0 Å². The molecule has 3 aliphatic heterocycles. The van der Waals surface area contributed by atoms with E-state index in [-0.39, 0.29) is 35.1 Å². The van der Waals surface area contributed by atoms with Gasteiger partial charge < -0.3 is 14.4 Å². The molecule has 0 aromatic heterocycles. The maximum Gasteiger partial charge on any atom is 0.310 e. The summed E-state index contributed by atoms with van der Waals surface area (Å²) >= 11 is 0. The first kappa shape index (κ1) is 15.4. The number of fused-ring (bicyclic) bond motifs is 2. The molecule has 0 radical (unpaired) electrons. The maximum absolute atomic E-state index is 12.7. The molecule has 132 valence electrons. The Balaban J connectivity index is 1.41. The van der Waals surface area contributed by atoms with Gasteiger partial charge in [-0.05, 0) is 59.0 Å². The Labute approximate surface area is 144 Å². The molecule has 0 N–H and O–H groups in total. The van der Waals surface area contributed by atoms with Crippen LogP contribution in [-0.4, -0.2) is 47.8 Å². The fraction of sp³-hybridized carbons (Fsp3) is 0.850. The SMILES string of the molecule is CC1=CC[C@]23O[C@@]2(C)CC[C@@H]2[C@H](OC(=O)[C@H]2CN2CCCCC2)[C@@H]13. The molecule has 4 heteroatoms. The molecule has 0 aromatic rings. The summed E-state index contributed by atoms with van der Waals surface area (Å²) in [5.41, 5.74) is 1.30. The van der Waals surface area contributed by atoms with Crippen LogP contribution in [0, 0.1) is 17.8 Å². The van der Waals surface area contributed by atoms with E-state index in [1.165, 1.54) is 24.8 Å². The summed E-state index contributed by atoms with van der Waals surface area (Å²) < 4.78 is 12.3. The zero-order chi connectivity index (χ0) is 16.5. The average molecular weight is 331 g/mol. The van der Waals surface area contributed by atoms with Crippen LogP contribution in [0.25, 0.3) is 0 Å². The summed E-state index contributed by atoms with van der Waals surface area (Å²) in [6, 6.07) is 0. The number of esters is 1. The predicted octanol–water partition coefficient (Wildman–Crippen LogP) is 2.92. The van der Waals surface area contributed by atoms with Crippen LogP contribution in [0.1, 0.15) is 52.4 Å². The van der Waals surface area contributed by atoms with E-state index in [2.05, 4.69) is 24.8 Å². The Hall–Kier alpha value is -0.870. The van der Waals surface area contributed by atoms with Gasteiger partial charge >= 0.3 is 5.97 Å². The lowest BCUT2D eigenvalue weighted by Gasteiger charge is -2.31. The molecule has 3 heterocycles. The lowest BCUT2D eigenvalue weighted by molar-refractivity contribution is -0.146. The van der Waals surface area contributed by atoms with Crippen molar-refractivity contribution in [2.75, 3.05) is 19.6 Å². The zero-order valence-corrected chi connectivity index (χ0v) is 14.9. The second-order valence-corrected chi connectivity index (χ2v) is 8.92. The van der Waals surface area contributed by atoms with Gasteiger partial charge in [0.25, 0.3) is 0 Å². The number of rotatable bonds is 2. The fourth-order valence-corrected chi connectivity index (χ4v) is 6.21. The third-order valence-electron chi connectivity index (χ3n) is 7.66. The first-order valence-corrected chi connectivity index (χ1v) is 9.84. The first-order valence-electron chi connectivity index (χ1n) is 9.84. The van der Waals surface area contributed by atoms with Gasteiger partial charge in [0, 0.05) is 18.4 Å². The lowest BCUT2D eigenvalue weighted by atomic mass is 9.77. The molecule has 4 nitrogen and oxygen atoms in total. The third kappa shape index (κ3) is 1.96. The van der Waals surface area contributed by atoms with Crippen molar-refractivity contribution in [3.8, 4) is 0 Å². The van der Waals surface area contributed by atoms with Gasteiger partial charge in [-0.25, -0.2) is 0 Å². The van der Waals surface area contributed by atoms with Gasteiger partial charge in [-0.1, -0.05) is 18.1 Å². The number of hydrogen-bond acceptors (Lipinski definition) is 4. The van der Waals surface area contributed by atoms with Crippen molar-refractivity contribution in [1.29, 1.82) is 0 Å². The minimum absolute atomic E-state index is 0.00164.